The van der Waals surface area contributed by atoms with E-state index in [1.54, 1.807) is 29.7 Å². The number of nitrogens with two attached hydrogens (primary N) is 1. The van der Waals surface area contributed by atoms with Gasteiger partial charge in [0.2, 0.25) is 0 Å². The van der Waals surface area contributed by atoms with Crippen molar-refractivity contribution in [3.05, 3.63) is 29.4 Å². The van der Waals surface area contributed by atoms with Gasteiger partial charge in [-0.15, -0.1) is 11.3 Å². The maximum Gasteiger partial charge on any atom is 0.188 e. The third-order valence-electron chi connectivity index (χ3n) is 1.64. The molecule has 0 spiro atoms. The van der Waals surface area contributed by atoms with Crippen molar-refractivity contribution in [1.29, 1.82) is 0 Å². The molecule has 0 aliphatic heterocycles. The third-order valence-corrected chi connectivity index (χ3v) is 2.47. The number of nitrogens with one attached hydrogen (secondary N) is 1. The number of rotatable bonds is 2. The van der Waals surface area contributed by atoms with E-state index in [4.69, 9.17) is 5.73 Å². The van der Waals surface area contributed by atoms with Gasteiger partial charge < -0.3 is 11.1 Å². The lowest BCUT2D eigenvalue weighted by atomic mass is 10.4. The Balaban J connectivity index is 2.18. The number of aryl methyl sites for hydroxylation is 1. The van der Waals surface area contributed by atoms with Crippen LogP contribution in [-0.2, 0) is 0 Å². The number of hydrogen-bond donors (Lipinski definition) is 2. The molecule has 0 aliphatic rings. The first-order chi connectivity index (χ1) is 6.74. The summed E-state index contributed by atoms with van der Waals surface area (Å²) in [5.74, 6) is 0.722. The van der Waals surface area contributed by atoms with Gasteiger partial charge in [-0.25, -0.2) is 9.97 Å². The minimum absolute atomic E-state index is 0.691. The highest BCUT2D eigenvalue weighted by atomic mass is 32.1. The Hall–Kier alpha value is -1.62. The van der Waals surface area contributed by atoms with Gasteiger partial charge in [0.05, 0.1) is 0 Å². The maximum absolute atomic E-state index is 5.62. The van der Waals surface area contributed by atoms with Crippen molar-refractivity contribution in [3.63, 3.8) is 0 Å². The Bertz CT molecular complexity index is 438. The summed E-state index contributed by atoms with van der Waals surface area (Å²) in [5, 5.41) is 3.92. The predicted molar refractivity (Wildman–Crippen MR) is 58.8 cm³/mol. The van der Waals surface area contributed by atoms with Crippen molar-refractivity contribution in [3.8, 4) is 0 Å². The molecular weight excluding hydrogens is 196 g/mol. The highest BCUT2D eigenvalue weighted by molar-refractivity contribution is 7.15. The molecule has 0 saturated carbocycles. The lowest BCUT2D eigenvalue weighted by molar-refractivity contribution is 1.29. The second-order valence-electron chi connectivity index (χ2n) is 2.88. The molecule has 0 bridgehead atoms. The van der Waals surface area contributed by atoms with Gasteiger partial charge in [0.1, 0.15) is 5.82 Å². The van der Waals surface area contributed by atoms with E-state index < -0.39 is 0 Å². The second-order valence-corrected chi connectivity index (χ2v) is 4.11. The van der Waals surface area contributed by atoms with Crippen LogP contribution in [0.1, 0.15) is 4.88 Å². The highest BCUT2D eigenvalue weighted by Gasteiger charge is 1.99. The molecule has 0 aromatic carbocycles. The van der Waals surface area contributed by atoms with E-state index in [0.29, 0.717) is 5.69 Å². The monoisotopic (exact) mass is 206 g/mol. The SMILES string of the molecule is Cc1cnc(Nc2cc(N)ccn2)s1. The molecule has 3 N–H and O–H groups in total. The summed E-state index contributed by atoms with van der Waals surface area (Å²) in [5.41, 5.74) is 6.31. The standard InChI is InChI=1S/C9H10N4S/c1-6-5-12-9(14-6)13-8-4-7(10)2-3-11-8/h2-5H,1H3,(H3,10,11,12,13). The number of nitrogen functional groups attached to an aromatic ring is 1. The Morgan fingerprint density at radius 1 is 1.43 bits per heavy atom. The normalized spacial score (nSPS) is 10.1. The quantitative estimate of drug-likeness (QED) is 0.790. The summed E-state index contributed by atoms with van der Waals surface area (Å²) in [7, 11) is 0. The zero-order chi connectivity index (χ0) is 9.97. The van der Waals surface area contributed by atoms with Crippen LogP contribution in [0.15, 0.2) is 24.5 Å². The summed E-state index contributed by atoms with van der Waals surface area (Å²) in [6.07, 6.45) is 3.48. The van der Waals surface area contributed by atoms with Crippen LogP contribution in [-0.4, -0.2) is 9.97 Å². The molecule has 5 heteroatoms. The van der Waals surface area contributed by atoms with Gasteiger partial charge in [-0.3, -0.25) is 0 Å². The summed E-state index contributed by atoms with van der Waals surface area (Å²) >= 11 is 1.59. The topological polar surface area (TPSA) is 63.8 Å². The van der Waals surface area contributed by atoms with Crippen LogP contribution < -0.4 is 11.1 Å². The fourth-order valence-electron chi connectivity index (χ4n) is 1.04. The molecule has 0 atom stereocenters. The Kier molecular flexibility index (Phi) is 2.32. The zero-order valence-electron chi connectivity index (χ0n) is 7.69. The van der Waals surface area contributed by atoms with E-state index in [9.17, 15) is 0 Å². The van der Waals surface area contributed by atoms with E-state index in [1.807, 2.05) is 13.1 Å². The summed E-state index contributed by atoms with van der Waals surface area (Å²) in [4.78, 5) is 9.45. The fourth-order valence-corrected chi connectivity index (χ4v) is 1.71. The van der Waals surface area contributed by atoms with E-state index in [2.05, 4.69) is 15.3 Å². The zero-order valence-corrected chi connectivity index (χ0v) is 8.51. The van der Waals surface area contributed by atoms with Gasteiger partial charge in [-0.2, -0.15) is 0 Å². The van der Waals surface area contributed by atoms with Crippen molar-refractivity contribution in [1.82, 2.24) is 9.97 Å². The molecule has 2 aromatic heterocycles. The van der Waals surface area contributed by atoms with Gasteiger partial charge in [0.15, 0.2) is 5.13 Å². The second kappa shape index (κ2) is 3.63. The van der Waals surface area contributed by atoms with Crippen molar-refractivity contribution < 1.29 is 0 Å². The molecule has 0 fully saturated rings. The van der Waals surface area contributed by atoms with Gasteiger partial charge >= 0.3 is 0 Å². The van der Waals surface area contributed by atoms with E-state index in [1.165, 1.54) is 0 Å². The molecule has 72 valence electrons. The third kappa shape index (κ3) is 2.00. The van der Waals surface area contributed by atoms with Crippen LogP contribution in [0.5, 0.6) is 0 Å². The van der Waals surface area contributed by atoms with Crippen LogP contribution in [0.3, 0.4) is 0 Å². The number of anilines is 3. The van der Waals surface area contributed by atoms with Gasteiger partial charge in [-0.1, -0.05) is 0 Å². The summed E-state index contributed by atoms with van der Waals surface area (Å²) in [6, 6.07) is 3.52. The first-order valence-corrected chi connectivity index (χ1v) is 4.97. The molecule has 4 nitrogen and oxygen atoms in total. The van der Waals surface area contributed by atoms with E-state index in [-0.39, 0.29) is 0 Å². The largest absolute Gasteiger partial charge is 0.399 e. The fraction of sp³-hybridized carbons (Fsp3) is 0.111. The number of aromatic nitrogens is 2. The van der Waals surface area contributed by atoms with Crippen molar-refractivity contribution in [2.45, 2.75) is 6.92 Å². The average Bonchev–Trinajstić information content (AvgIpc) is 2.51. The van der Waals surface area contributed by atoms with Gasteiger partial charge in [-0.05, 0) is 13.0 Å². The Morgan fingerprint density at radius 2 is 2.29 bits per heavy atom. The maximum atomic E-state index is 5.62. The minimum Gasteiger partial charge on any atom is -0.399 e. The lowest BCUT2D eigenvalue weighted by Gasteiger charge is -2.01. The molecule has 2 heterocycles. The van der Waals surface area contributed by atoms with Crippen molar-refractivity contribution in [2.75, 3.05) is 11.1 Å². The van der Waals surface area contributed by atoms with Crippen LogP contribution in [0.2, 0.25) is 0 Å². The molecule has 0 amide bonds. The molecule has 2 rings (SSSR count). The van der Waals surface area contributed by atoms with Crippen molar-refractivity contribution in [2.24, 2.45) is 0 Å². The van der Waals surface area contributed by atoms with Crippen LogP contribution in [0.4, 0.5) is 16.6 Å². The summed E-state index contributed by atoms with van der Waals surface area (Å²) in [6.45, 7) is 2.01. The molecule has 14 heavy (non-hydrogen) atoms. The Labute approximate surface area is 85.8 Å². The molecule has 0 aliphatic carbocycles. The highest BCUT2D eigenvalue weighted by Crippen LogP contribution is 2.21. The number of pyridine rings is 1. The molecule has 0 unspecified atom stereocenters. The van der Waals surface area contributed by atoms with Gasteiger partial charge in [0, 0.05) is 29.0 Å². The van der Waals surface area contributed by atoms with Crippen LogP contribution >= 0.6 is 11.3 Å². The average molecular weight is 206 g/mol. The number of thiazole rings is 1. The van der Waals surface area contributed by atoms with Crippen molar-refractivity contribution >= 4 is 28.0 Å². The Morgan fingerprint density at radius 3 is 2.93 bits per heavy atom. The van der Waals surface area contributed by atoms with Crippen LogP contribution in [0.25, 0.3) is 0 Å². The van der Waals surface area contributed by atoms with E-state index in [0.717, 1.165) is 15.8 Å². The molecule has 2 aromatic rings. The van der Waals surface area contributed by atoms with Crippen LogP contribution in [0, 0.1) is 6.92 Å². The first-order valence-electron chi connectivity index (χ1n) is 4.15. The molecule has 0 radical (unpaired) electrons. The summed E-state index contributed by atoms with van der Waals surface area (Å²) < 4.78 is 0. The molecule has 0 saturated heterocycles. The first kappa shape index (κ1) is 8.96. The lowest BCUT2D eigenvalue weighted by Crippen LogP contribution is -1.94. The van der Waals surface area contributed by atoms with Gasteiger partial charge in [0.25, 0.3) is 0 Å². The minimum atomic E-state index is 0.691. The number of nitrogens with zero attached hydrogens (tertiary/aromatic N) is 2. The number of hydrogen-bond acceptors (Lipinski definition) is 5. The molecular formula is C9H10N4S. The van der Waals surface area contributed by atoms with E-state index >= 15 is 0 Å². The smallest absolute Gasteiger partial charge is 0.188 e. The predicted octanol–water partition coefficient (Wildman–Crippen LogP) is 2.17.